The zero-order valence-corrected chi connectivity index (χ0v) is 4.18. The van der Waals surface area contributed by atoms with E-state index in [0.29, 0.717) is 6.10 Å². The topological polar surface area (TPSA) is 12.5 Å². The Morgan fingerprint density at radius 3 is 3.00 bits per heavy atom. The standard InChI is InChI=1S/C6H8O/c1-2-3-4-6-5-7-6/h1,6H,3-5H2. The molecule has 0 aliphatic carbocycles. The van der Waals surface area contributed by atoms with Gasteiger partial charge in [0.15, 0.2) is 0 Å². The molecule has 1 fully saturated rings. The van der Waals surface area contributed by atoms with Gasteiger partial charge in [-0.1, -0.05) is 0 Å². The van der Waals surface area contributed by atoms with E-state index in [4.69, 9.17) is 11.2 Å². The largest absolute Gasteiger partial charge is 0.373 e. The zero-order valence-electron chi connectivity index (χ0n) is 4.18. The SMILES string of the molecule is C#CCCC1CO1. The third-order valence-corrected chi connectivity index (χ3v) is 1.01. The maximum absolute atomic E-state index is 5.00. The van der Waals surface area contributed by atoms with Crippen LogP contribution in [0, 0.1) is 12.3 Å². The smallest absolute Gasteiger partial charge is 0.0819 e. The Morgan fingerprint density at radius 1 is 1.86 bits per heavy atom. The van der Waals surface area contributed by atoms with Crippen molar-refractivity contribution in [1.82, 2.24) is 0 Å². The molecule has 0 aromatic carbocycles. The molecular formula is C6H8O. The first-order valence-electron chi connectivity index (χ1n) is 2.48. The van der Waals surface area contributed by atoms with E-state index in [1.807, 2.05) is 0 Å². The lowest BCUT2D eigenvalue weighted by Gasteiger charge is -1.80. The van der Waals surface area contributed by atoms with E-state index in [1.165, 1.54) is 0 Å². The molecule has 38 valence electrons. The van der Waals surface area contributed by atoms with Gasteiger partial charge in [-0.3, -0.25) is 0 Å². The molecule has 1 rings (SSSR count). The molecule has 1 saturated heterocycles. The molecule has 0 aromatic rings. The minimum Gasteiger partial charge on any atom is -0.373 e. The van der Waals surface area contributed by atoms with Gasteiger partial charge in [0.1, 0.15) is 0 Å². The molecular weight excluding hydrogens is 88.1 g/mol. The molecule has 0 aromatic heterocycles. The van der Waals surface area contributed by atoms with Gasteiger partial charge < -0.3 is 4.74 Å². The lowest BCUT2D eigenvalue weighted by Crippen LogP contribution is -1.80. The van der Waals surface area contributed by atoms with E-state index < -0.39 is 0 Å². The maximum Gasteiger partial charge on any atom is 0.0819 e. The molecule has 0 bridgehead atoms. The Hall–Kier alpha value is -0.480. The Bertz CT molecular complexity index is 86.8. The Labute approximate surface area is 43.7 Å². The summed E-state index contributed by atoms with van der Waals surface area (Å²) >= 11 is 0. The number of hydrogen-bond acceptors (Lipinski definition) is 1. The Kier molecular flexibility index (Phi) is 1.33. The number of epoxide rings is 1. The van der Waals surface area contributed by atoms with Gasteiger partial charge >= 0.3 is 0 Å². The Morgan fingerprint density at radius 2 is 2.57 bits per heavy atom. The van der Waals surface area contributed by atoms with Gasteiger partial charge in [-0.15, -0.1) is 12.3 Å². The van der Waals surface area contributed by atoms with E-state index in [2.05, 4.69) is 5.92 Å². The van der Waals surface area contributed by atoms with Crippen LogP contribution in [0.15, 0.2) is 0 Å². The number of hydrogen-bond donors (Lipinski definition) is 0. The molecule has 1 aliphatic heterocycles. The van der Waals surface area contributed by atoms with Crippen LogP contribution in [0.4, 0.5) is 0 Å². The van der Waals surface area contributed by atoms with Crippen molar-refractivity contribution in [2.24, 2.45) is 0 Å². The first-order valence-corrected chi connectivity index (χ1v) is 2.48. The van der Waals surface area contributed by atoms with Crippen LogP contribution >= 0.6 is 0 Å². The fourth-order valence-electron chi connectivity index (χ4n) is 0.479. The van der Waals surface area contributed by atoms with Crippen LogP contribution in [0.3, 0.4) is 0 Å². The normalized spacial score (nSPS) is 26.4. The van der Waals surface area contributed by atoms with Crippen molar-refractivity contribution < 1.29 is 4.74 Å². The molecule has 1 heteroatoms. The molecule has 1 nitrogen and oxygen atoms in total. The molecule has 0 amide bonds. The van der Waals surface area contributed by atoms with Gasteiger partial charge in [0.2, 0.25) is 0 Å². The van der Waals surface area contributed by atoms with Gasteiger partial charge in [-0.2, -0.15) is 0 Å². The van der Waals surface area contributed by atoms with E-state index in [-0.39, 0.29) is 0 Å². The lowest BCUT2D eigenvalue weighted by molar-refractivity contribution is 0.399. The number of terminal acetylenes is 1. The quantitative estimate of drug-likeness (QED) is 0.366. The fraction of sp³-hybridized carbons (Fsp3) is 0.667. The van der Waals surface area contributed by atoms with Gasteiger partial charge in [0, 0.05) is 6.42 Å². The maximum atomic E-state index is 5.00. The van der Waals surface area contributed by atoms with Crippen molar-refractivity contribution in [3.8, 4) is 12.3 Å². The molecule has 1 aliphatic rings. The summed E-state index contributed by atoms with van der Waals surface area (Å²) in [6.45, 7) is 0.932. The van der Waals surface area contributed by atoms with Crippen molar-refractivity contribution in [3.05, 3.63) is 0 Å². The van der Waals surface area contributed by atoms with E-state index >= 15 is 0 Å². The fourth-order valence-corrected chi connectivity index (χ4v) is 0.479. The molecule has 0 saturated carbocycles. The second-order valence-electron chi connectivity index (χ2n) is 1.70. The number of ether oxygens (including phenoxy) is 1. The van der Waals surface area contributed by atoms with Crippen LogP contribution in [0.1, 0.15) is 12.8 Å². The highest BCUT2D eigenvalue weighted by atomic mass is 16.6. The van der Waals surface area contributed by atoms with Gasteiger partial charge in [0.05, 0.1) is 12.7 Å². The molecule has 7 heavy (non-hydrogen) atoms. The summed E-state index contributed by atoms with van der Waals surface area (Å²) < 4.78 is 4.92. The molecule has 1 heterocycles. The van der Waals surface area contributed by atoms with Crippen molar-refractivity contribution in [2.75, 3.05) is 6.61 Å². The van der Waals surface area contributed by atoms with Crippen LogP contribution in [-0.4, -0.2) is 12.7 Å². The van der Waals surface area contributed by atoms with Crippen molar-refractivity contribution in [1.29, 1.82) is 0 Å². The second-order valence-corrected chi connectivity index (χ2v) is 1.70. The average molecular weight is 96.1 g/mol. The highest BCUT2D eigenvalue weighted by Gasteiger charge is 2.20. The van der Waals surface area contributed by atoms with Crippen LogP contribution in [0.2, 0.25) is 0 Å². The van der Waals surface area contributed by atoms with Gasteiger partial charge in [0.25, 0.3) is 0 Å². The summed E-state index contributed by atoms with van der Waals surface area (Å²) in [5.74, 6) is 2.56. The predicted octanol–water partition coefficient (Wildman–Crippen LogP) is 0.799. The van der Waals surface area contributed by atoms with Crippen LogP contribution < -0.4 is 0 Å². The molecule has 1 unspecified atom stereocenters. The molecule has 0 radical (unpaired) electrons. The van der Waals surface area contributed by atoms with Crippen molar-refractivity contribution in [3.63, 3.8) is 0 Å². The van der Waals surface area contributed by atoms with Crippen LogP contribution in [0.25, 0.3) is 0 Å². The highest BCUT2D eigenvalue weighted by Crippen LogP contribution is 2.14. The Balaban J connectivity index is 1.91. The average Bonchev–Trinajstić information content (AvgIpc) is 2.42. The summed E-state index contributed by atoms with van der Waals surface area (Å²) in [5, 5.41) is 0. The highest BCUT2D eigenvalue weighted by molar-refractivity contribution is 4.86. The minimum absolute atomic E-state index is 0.510. The van der Waals surface area contributed by atoms with E-state index in [9.17, 15) is 0 Å². The first kappa shape index (κ1) is 4.67. The third-order valence-electron chi connectivity index (χ3n) is 1.01. The summed E-state index contributed by atoms with van der Waals surface area (Å²) in [6.07, 6.45) is 7.43. The first-order chi connectivity index (χ1) is 3.43. The minimum atomic E-state index is 0.510. The van der Waals surface area contributed by atoms with Gasteiger partial charge in [-0.25, -0.2) is 0 Å². The molecule has 0 spiro atoms. The summed E-state index contributed by atoms with van der Waals surface area (Å²) in [5.41, 5.74) is 0. The third kappa shape index (κ3) is 1.61. The predicted molar refractivity (Wildman–Crippen MR) is 27.8 cm³/mol. The van der Waals surface area contributed by atoms with Gasteiger partial charge in [-0.05, 0) is 6.42 Å². The summed E-state index contributed by atoms with van der Waals surface area (Å²) in [7, 11) is 0. The van der Waals surface area contributed by atoms with Crippen molar-refractivity contribution >= 4 is 0 Å². The summed E-state index contributed by atoms with van der Waals surface area (Å²) in [6, 6.07) is 0. The molecule has 1 atom stereocenters. The zero-order chi connectivity index (χ0) is 5.11. The molecule has 0 N–H and O–H groups in total. The summed E-state index contributed by atoms with van der Waals surface area (Å²) in [4.78, 5) is 0. The van der Waals surface area contributed by atoms with Crippen molar-refractivity contribution in [2.45, 2.75) is 18.9 Å². The van der Waals surface area contributed by atoms with E-state index in [1.54, 1.807) is 0 Å². The van der Waals surface area contributed by atoms with Crippen LogP contribution in [0.5, 0.6) is 0 Å². The second kappa shape index (κ2) is 1.99. The monoisotopic (exact) mass is 96.1 g/mol. The lowest BCUT2D eigenvalue weighted by atomic mass is 10.3. The van der Waals surface area contributed by atoms with Crippen LogP contribution in [-0.2, 0) is 4.74 Å². The van der Waals surface area contributed by atoms with E-state index in [0.717, 1.165) is 19.4 Å². The number of rotatable bonds is 2.